The lowest BCUT2D eigenvalue weighted by Crippen LogP contribution is -2.11. The molecule has 0 aliphatic heterocycles. The first kappa shape index (κ1) is 99.1. The second-order valence-corrected chi connectivity index (χ2v) is 29.9. The molecule has 6 aliphatic rings. The van der Waals surface area contributed by atoms with E-state index in [1.54, 1.807) is 75.2 Å². The summed E-state index contributed by atoms with van der Waals surface area (Å²) in [4.78, 5) is 46.5. The van der Waals surface area contributed by atoms with Crippen molar-refractivity contribution < 1.29 is 36.5 Å². The molecule has 6 atom stereocenters. The second-order valence-electron chi connectivity index (χ2n) is 29.1. The van der Waals surface area contributed by atoms with Gasteiger partial charge in [-0.1, -0.05) is 141 Å². The average molecular weight is 1530 g/mol. The summed E-state index contributed by atoms with van der Waals surface area (Å²) >= 11 is 2.50. The summed E-state index contributed by atoms with van der Waals surface area (Å²) in [5.74, 6) is 6.76. The molecule has 4 heterocycles. The van der Waals surface area contributed by atoms with Crippen molar-refractivity contribution in [1.82, 2.24) is 38.6 Å². The zero-order chi connectivity index (χ0) is 74.0. The number of esters is 1. The van der Waals surface area contributed by atoms with Gasteiger partial charge in [-0.25, -0.2) is 24.7 Å². The van der Waals surface area contributed by atoms with E-state index in [4.69, 9.17) is 14.7 Å². The summed E-state index contributed by atoms with van der Waals surface area (Å²) in [5, 5.41) is 8.87. The van der Waals surface area contributed by atoms with Gasteiger partial charge in [0, 0.05) is 77.8 Å². The number of carbonyl (C=O) groups excluding carboxylic acids is 3. The van der Waals surface area contributed by atoms with E-state index in [9.17, 15) is 4.79 Å². The Labute approximate surface area is 629 Å². The first-order valence-corrected chi connectivity index (χ1v) is 37.9. The highest BCUT2D eigenvalue weighted by molar-refractivity contribution is 14.1. The lowest BCUT2D eigenvalue weighted by Gasteiger charge is -2.23. The Morgan fingerprint density at radius 3 is 1.27 bits per heavy atom. The van der Waals surface area contributed by atoms with E-state index >= 15 is 0 Å². The molecule has 0 bridgehead atoms. The summed E-state index contributed by atoms with van der Waals surface area (Å²) in [7, 11) is 6.08. The molecule has 16 heteroatoms. The van der Waals surface area contributed by atoms with E-state index in [1.165, 1.54) is 148 Å². The van der Waals surface area contributed by atoms with E-state index < -0.39 is 0 Å². The monoisotopic (exact) mass is 1530 g/mol. The number of allylic oxidation sites excluding steroid dienone is 14. The lowest BCUT2D eigenvalue weighted by atomic mass is 9.83. The number of aromatic nitrogens is 8. The number of hydrogen-bond donors (Lipinski definition) is 2. The zero-order valence-electron chi connectivity index (χ0n) is 66.3. The second kappa shape index (κ2) is 55.4. The van der Waals surface area contributed by atoms with Crippen molar-refractivity contribution >= 4 is 34.7 Å². The van der Waals surface area contributed by atoms with Gasteiger partial charge in [-0.3, -0.25) is 9.41 Å². The average Bonchev–Trinajstić information content (AvgIpc) is 1.79. The maximum Gasteiger partial charge on any atom is 0.373 e. The zero-order valence-corrected chi connectivity index (χ0v) is 68.4. The van der Waals surface area contributed by atoms with Crippen molar-refractivity contribution in [1.29, 1.82) is 0 Å². The Hall–Kier alpha value is -6.10. The van der Waals surface area contributed by atoms with Crippen LogP contribution in [0.3, 0.4) is 0 Å². The van der Waals surface area contributed by atoms with Gasteiger partial charge in [0.05, 0.1) is 30.6 Å². The van der Waals surface area contributed by atoms with E-state index in [0.717, 1.165) is 84.1 Å². The summed E-state index contributed by atoms with van der Waals surface area (Å²) in [5.41, 5.74) is 25.1. The highest BCUT2D eigenvalue weighted by Gasteiger charge is 2.21. The summed E-state index contributed by atoms with van der Waals surface area (Å²) in [6.45, 7) is 50.4. The minimum Gasteiger partial charge on any atom is -0.463 e. The van der Waals surface area contributed by atoms with E-state index in [-0.39, 0.29) is 31.8 Å². The van der Waals surface area contributed by atoms with E-state index in [2.05, 4.69) is 193 Å². The Balaban J connectivity index is -0.000000351. The van der Waals surface area contributed by atoms with Crippen LogP contribution in [-0.2, 0) is 59.5 Å². The standard InChI is InChI=1S/C14H22N2.C13H20N2.C12H18N2.C10H18.C9H15I.C9H16O.C6H10.C5H8N2.C5H8O2.CO2.CH4.2FH.2H2/c1-10-5-6-13(7-11(10)2)8-14-9-16(4)12(3)15-14;1-10-4-5-12(6-11(10)2)7-13-8-15(3)9-14-13;1-9-3-4-11(5-10(9)2)6-12-7-13-8-14-12;1-4-10-6-5-8(2)9(3)7-10;2*1-7-3-4-9(6-10)5-8(7)2;1-5(2)6(3)4;1-5-6-3-4-7(5)2;1-3-5(6)7-4-2;2-1-3;;;;;/h9,13H,5-8H2,1-4H3;8-9,12H,4-7H2,1-3H3;7-8,11H,3-6H2,1-2H3,(H,13,14);10H,4-7H2,1-3H3;9H,3-6H2,1-2H3;9-10H,3-6H2,1-2H3;1,3H2,2,4H3;3-4H,1-2H3;3H,1,4H2,2H3;;1H4;4*1H/i;;;;;;;;;;;;;2*1+2. The van der Waals surface area contributed by atoms with Crippen LogP contribution >= 0.6 is 22.6 Å². The maximum atomic E-state index is 10.1. The summed E-state index contributed by atoms with van der Waals surface area (Å²) in [6.07, 6.45) is 43.2. The van der Waals surface area contributed by atoms with Crippen LogP contribution in [0.4, 0.5) is 9.41 Å². The van der Waals surface area contributed by atoms with Crippen molar-refractivity contribution in [3.05, 3.63) is 176 Å². The van der Waals surface area contributed by atoms with Crippen molar-refractivity contribution in [3.63, 3.8) is 0 Å². The number of halogens is 3. The summed E-state index contributed by atoms with van der Waals surface area (Å²) < 4.78 is 11.9. The molecule has 101 heavy (non-hydrogen) atoms. The molecule has 10 rings (SSSR count). The molecular formula is C85H145F2IN8O5. The molecule has 0 amide bonds. The van der Waals surface area contributed by atoms with Gasteiger partial charge in [-0.05, 0) is 288 Å². The minimum absolute atomic E-state index is 0. The quantitative estimate of drug-likeness (QED) is 0.0351. The third-order valence-electron chi connectivity index (χ3n) is 20.8. The maximum absolute atomic E-state index is 10.1. The number of rotatable bonds is 12. The van der Waals surface area contributed by atoms with E-state index in [1.807, 2.05) is 62.7 Å². The Bertz CT molecular complexity index is 3130. The fourth-order valence-corrected chi connectivity index (χ4v) is 13.2. The Morgan fingerprint density at radius 1 is 0.594 bits per heavy atom. The molecule has 6 aliphatic carbocycles. The molecule has 4 aromatic rings. The molecule has 13 nitrogen and oxygen atoms in total. The van der Waals surface area contributed by atoms with Crippen molar-refractivity contribution in [3.8, 4) is 0 Å². The molecule has 0 spiro atoms. The predicted octanol–water partition coefficient (Wildman–Crippen LogP) is 23.3. The SMILES string of the molecule is C.C=C(C)C(=C)C.C=CC(=O)OCC.CC1=C(C)CC(CI)CC1.CC1=C(C)CC(CO)CC1.CC1=C(C)CC(Cc2cn(C)c(C)n2)CC1.CC1=C(C)CC(Cc2cn(C)cn2)CC1.CC1=C(C)CC(Cc2cnc[nH]2)CC1.CCC1CCC(C)=C(C)C1.Cc1nccn1C.F.F.O=C=O.[3HH].[3HH]. The lowest BCUT2D eigenvalue weighted by molar-refractivity contribution is -0.191. The molecule has 6 unspecified atom stereocenters. The number of carbonyl (C=O) groups is 1. The van der Waals surface area contributed by atoms with Gasteiger partial charge in [-0.2, -0.15) is 9.59 Å². The van der Waals surface area contributed by atoms with Crippen molar-refractivity contribution in [2.24, 2.45) is 56.7 Å². The van der Waals surface area contributed by atoms with Crippen LogP contribution in [0, 0.1) is 49.4 Å². The van der Waals surface area contributed by atoms with Gasteiger partial charge < -0.3 is 28.5 Å². The number of aryl methyl sites for hydroxylation is 5. The molecule has 0 saturated heterocycles. The predicted molar refractivity (Wildman–Crippen MR) is 437 cm³/mol. The van der Waals surface area contributed by atoms with Crippen molar-refractivity contribution in [2.75, 3.05) is 17.6 Å². The fraction of sp³-hybridized carbons (Fsp3) is 0.624. The third kappa shape index (κ3) is 42.3. The molecule has 0 fully saturated rings. The van der Waals surface area contributed by atoms with Crippen LogP contribution in [0.2, 0.25) is 0 Å². The fourth-order valence-electron chi connectivity index (χ4n) is 12.5. The van der Waals surface area contributed by atoms with Crippen LogP contribution in [0.25, 0.3) is 0 Å². The third-order valence-corrected chi connectivity index (χ3v) is 22.0. The topological polar surface area (TPSA) is 163 Å². The normalized spacial score (nSPS) is 19.7. The van der Waals surface area contributed by atoms with Crippen LogP contribution in [-0.4, -0.2) is 73.5 Å². The van der Waals surface area contributed by atoms with Gasteiger partial charge in [0.2, 0.25) is 0 Å². The number of hydrogen-bond acceptors (Lipinski definition) is 9. The van der Waals surface area contributed by atoms with Crippen LogP contribution in [0.1, 0.15) is 272 Å². The number of aliphatic hydroxyl groups excluding tert-OH is 1. The largest absolute Gasteiger partial charge is 0.463 e. The number of imidazole rings is 4. The van der Waals surface area contributed by atoms with E-state index in [0.29, 0.717) is 19.1 Å². The molecular weight excluding hydrogens is 1380 g/mol. The van der Waals surface area contributed by atoms with Crippen LogP contribution in [0.15, 0.2) is 147 Å². The highest BCUT2D eigenvalue weighted by atomic mass is 127. The number of aliphatic hydroxyl groups is 1. The van der Waals surface area contributed by atoms with Gasteiger partial charge in [0.15, 0.2) is 0 Å². The first-order valence-electron chi connectivity index (χ1n) is 36.4. The molecule has 0 radical (unpaired) electrons. The van der Waals surface area contributed by atoms with Gasteiger partial charge >= 0.3 is 12.1 Å². The van der Waals surface area contributed by atoms with Crippen LogP contribution < -0.4 is 0 Å². The highest BCUT2D eigenvalue weighted by Crippen LogP contribution is 2.35. The van der Waals surface area contributed by atoms with Gasteiger partial charge in [0.1, 0.15) is 11.6 Å². The summed E-state index contributed by atoms with van der Waals surface area (Å²) in [6, 6.07) is 0. The number of H-pyrrole nitrogens is 1. The number of nitrogens with zero attached hydrogens (tertiary/aromatic N) is 7. The molecule has 0 saturated carbocycles. The number of nitrogens with one attached hydrogen (secondary N) is 1. The number of ether oxygens (including phenoxy) is 1. The Kier molecular flexibility index (Phi) is 54.4. The van der Waals surface area contributed by atoms with Gasteiger partial charge in [0.25, 0.3) is 0 Å². The molecule has 0 aromatic carbocycles. The Morgan fingerprint density at radius 2 is 0.980 bits per heavy atom. The first-order chi connectivity index (χ1) is 46.3. The molecule has 2 N–H and O–H groups in total. The van der Waals surface area contributed by atoms with Crippen LogP contribution in [0.5, 0.6) is 0 Å². The van der Waals surface area contributed by atoms with Crippen molar-refractivity contribution in [2.45, 2.75) is 273 Å². The van der Waals surface area contributed by atoms with Gasteiger partial charge in [-0.15, -0.1) is 0 Å². The number of alkyl halides is 1. The smallest absolute Gasteiger partial charge is 0.373 e. The minimum atomic E-state index is -0.359. The molecule has 4 aromatic heterocycles. The molecule has 576 valence electrons. The number of aromatic amines is 1.